The number of aromatic nitrogens is 1. The number of carbonyl (C=O) groups is 1. The summed E-state index contributed by atoms with van der Waals surface area (Å²) in [6.45, 7) is 3.23. The third-order valence-electron chi connectivity index (χ3n) is 3.22. The highest BCUT2D eigenvalue weighted by atomic mass is 16.2. The average molecular weight is 233 g/mol. The van der Waals surface area contributed by atoms with Gasteiger partial charge in [-0.3, -0.25) is 4.79 Å². The molecule has 1 heterocycles. The molecular weight excluding hydrogens is 214 g/mol. The summed E-state index contributed by atoms with van der Waals surface area (Å²) in [6, 6.07) is 3.68. The number of hydrogen-bond donors (Lipinski definition) is 1. The number of carbonyl (C=O) groups excluding carboxylic acids is 1. The second-order valence-corrected chi connectivity index (χ2v) is 5.30. The Balaban J connectivity index is 1.95. The van der Waals surface area contributed by atoms with Gasteiger partial charge < -0.3 is 10.2 Å². The van der Waals surface area contributed by atoms with E-state index in [1.165, 1.54) is 12.8 Å². The van der Waals surface area contributed by atoms with E-state index in [0.29, 0.717) is 11.0 Å². The van der Waals surface area contributed by atoms with E-state index >= 15 is 0 Å². The molecule has 1 amide bonds. The van der Waals surface area contributed by atoms with E-state index in [0.717, 1.165) is 12.4 Å². The molecule has 4 heteroatoms. The van der Waals surface area contributed by atoms with Gasteiger partial charge in [-0.2, -0.15) is 0 Å². The number of nitrogens with zero attached hydrogens (tertiary/aromatic N) is 2. The summed E-state index contributed by atoms with van der Waals surface area (Å²) in [4.78, 5) is 17.5. The van der Waals surface area contributed by atoms with Gasteiger partial charge in [0.2, 0.25) is 0 Å². The first kappa shape index (κ1) is 11.9. The molecule has 1 aliphatic rings. The Morgan fingerprint density at radius 3 is 2.65 bits per heavy atom. The standard InChI is InChI=1S/C13H19N3O/c1-13(6-7-13)9-15-11-5-4-10(8-14-11)12(17)16(2)3/h4-5,8H,6-7,9H2,1-3H3,(H,14,15). The van der Waals surface area contributed by atoms with Crippen LogP contribution in [0.25, 0.3) is 0 Å². The van der Waals surface area contributed by atoms with E-state index in [-0.39, 0.29) is 5.91 Å². The van der Waals surface area contributed by atoms with Crippen molar-refractivity contribution in [1.29, 1.82) is 0 Å². The highest BCUT2D eigenvalue weighted by Gasteiger charge is 2.36. The van der Waals surface area contributed by atoms with Crippen LogP contribution < -0.4 is 5.32 Å². The van der Waals surface area contributed by atoms with Gasteiger partial charge in [0, 0.05) is 26.8 Å². The second-order valence-electron chi connectivity index (χ2n) is 5.30. The van der Waals surface area contributed by atoms with E-state index in [1.807, 2.05) is 12.1 Å². The van der Waals surface area contributed by atoms with Crippen molar-refractivity contribution in [3.8, 4) is 0 Å². The molecule has 0 bridgehead atoms. The molecule has 1 aromatic rings. The molecule has 1 fully saturated rings. The average Bonchev–Trinajstić information content (AvgIpc) is 3.05. The Bertz CT molecular complexity index is 407. The van der Waals surface area contributed by atoms with E-state index in [2.05, 4.69) is 17.2 Å². The Labute approximate surface area is 102 Å². The first-order valence-electron chi connectivity index (χ1n) is 5.92. The van der Waals surface area contributed by atoms with Gasteiger partial charge in [0.15, 0.2) is 0 Å². The molecule has 0 radical (unpaired) electrons. The second kappa shape index (κ2) is 4.35. The molecule has 2 rings (SSSR count). The van der Waals surface area contributed by atoms with E-state index < -0.39 is 0 Å². The Morgan fingerprint density at radius 1 is 1.47 bits per heavy atom. The first-order chi connectivity index (χ1) is 8.00. The van der Waals surface area contributed by atoms with Crippen molar-refractivity contribution >= 4 is 11.7 Å². The fraction of sp³-hybridized carbons (Fsp3) is 0.538. The third-order valence-corrected chi connectivity index (χ3v) is 3.22. The summed E-state index contributed by atoms with van der Waals surface area (Å²) < 4.78 is 0. The normalized spacial score (nSPS) is 16.4. The number of pyridine rings is 1. The van der Waals surface area contributed by atoms with Crippen LogP contribution in [0.5, 0.6) is 0 Å². The minimum atomic E-state index is -0.0156. The number of nitrogens with one attached hydrogen (secondary N) is 1. The summed E-state index contributed by atoms with van der Waals surface area (Å²) in [6.07, 6.45) is 4.20. The Hall–Kier alpha value is -1.58. The third kappa shape index (κ3) is 2.96. The molecule has 1 saturated carbocycles. The molecule has 0 aromatic carbocycles. The smallest absolute Gasteiger partial charge is 0.254 e. The lowest BCUT2D eigenvalue weighted by molar-refractivity contribution is 0.0827. The van der Waals surface area contributed by atoms with Gasteiger partial charge in [-0.15, -0.1) is 0 Å². The van der Waals surface area contributed by atoms with Crippen LogP contribution in [0.15, 0.2) is 18.3 Å². The van der Waals surface area contributed by atoms with Gasteiger partial charge in [-0.1, -0.05) is 6.92 Å². The SMILES string of the molecule is CN(C)C(=O)c1ccc(NCC2(C)CC2)nc1. The van der Waals surface area contributed by atoms with Crippen molar-refractivity contribution in [2.24, 2.45) is 5.41 Å². The molecule has 17 heavy (non-hydrogen) atoms. The molecule has 92 valence electrons. The van der Waals surface area contributed by atoms with Crippen molar-refractivity contribution in [2.45, 2.75) is 19.8 Å². The van der Waals surface area contributed by atoms with Gasteiger partial charge in [0.1, 0.15) is 5.82 Å². The number of anilines is 1. The number of amides is 1. The largest absolute Gasteiger partial charge is 0.370 e. The zero-order chi connectivity index (χ0) is 12.5. The maximum absolute atomic E-state index is 11.6. The monoisotopic (exact) mass is 233 g/mol. The molecule has 0 spiro atoms. The highest BCUT2D eigenvalue weighted by Crippen LogP contribution is 2.44. The summed E-state index contributed by atoms with van der Waals surface area (Å²) in [5.74, 6) is 0.826. The predicted molar refractivity (Wildman–Crippen MR) is 68.1 cm³/mol. The molecule has 0 unspecified atom stereocenters. The lowest BCUT2D eigenvalue weighted by Gasteiger charge is -2.12. The zero-order valence-corrected chi connectivity index (χ0v) is 10.7. The van der Waals surface area contributed by atoms with Gasteiger partial charge in [-0.25, -0.2) is 4.98 Å². The maximum Gasteiger partial charge on any atom is 0.254 e. The van der Waals surface area contributed by atoms with Crippen molar-refractivity contribution in [3.05, 3.63) is 23.9 Å². The van der Waals surface area contributed by atoms with Crippen LogP contribution >= 0.6 is 0 Å². The van der Waals surface area contributed by atoms with E-state index in [4.69, 9.17) is 0 Å². The molecule has 0 saturated heterocycles. The highest BCUT2D eigenvalue weighted by molar-refractivity contribution is 5.93. The van der Waals surface area contributed by atoms with Crippen molar-refractivity contribution in [3.63, 3.8) is 0 Å². The lowest BCUT2D eigenvalue weighted by atomic mass is 10.1. The van der Waals surface area contributed by atoms with Crippen LogP contribution in [0.2, 0.25) is 0 Å². The quantitative estimate of drug-likeness (QED) is 0.865. The molecule has 4 nitrogen and oxygen atoms in total. The van der Waals surface area contributed by atoms with Crippen LogP contribution in [0.1, 0.15) is 30.1 Å². The number of rotatable bonds is 4. The maximum atomic E-state index is 11.6. The van der Waals surface area contributed by atoms with Crippen molar-refractivity contribution < 1.29 is 4.79 Å². The number of hydrogen-bond acceptors (Lipinski definition) is 3. The topological polar surface area (TPSA) is 45.2 Å². The zero-order valence-electron chi connectivity index (χ0n) is 10.7. The van der Waals surface area contributed by atoms with Crippen molar-refractivity contribution in [1.82, 2.24) is 9.88 Å². The fourth-order valence-corrected chi connectivity index (χ4v) is 1.58. The van der Waals surface area contributed by atoms with Crippen LogP contribution in [-0.4, -0.2) is 36.4 Å². The van der Waals surface area contributed by atoms with Crippen LogP contribution in [0.3, 0.4) is 0 Å². The Kier molecular flexibility index (Phi) is 3.05. The fourth-order valence-electron chi connectivity index (χ4n) is 1.58. The van der Waals surface area contributed by atoms with Gasteiger partial charge in [-0.05, 0) is 30.4 Å². The molecule has 1 aliphatic carbocycles. The molecule has 1 aromatic heterocycles. The van der Waals surface area contributed by atoms with E-state index in [1.54, 1.807) is 25.2 Å². The molecule has 0 atom stereocenters. The Morgan fingerprint density at radius 2 is 2.18 bits per heavy atom. The van der Waals surface area contributed by atoms with Gasteiger partial charge in [0.25, 0.3) is 5.91 Å². The van der Waals surface area contributed by atoms with Crippen molar-refractivity contribution in [2.75, 3.05) is 26.0 Å². The minimum absolute atomic E-state index is 0.0156. The van der Waals surface area contributed by atoms with Crippen LogP contribution in [0.4, 0.5) is 5.82 Å². The summed E-state index contributed by atoms with van der Waals surface area (Å²) in [5.41, 5.74) is 1.08. The lowest BCUT2D eigenvalue weighted by Crippen LogP contribution is -2.22. The van der Waals surface area contributed by atoms with Gasteiger partial charge in [0.05, 0.1) is 5.56 Å². The van der Waals surface area contributed by atoms with E-state index in [9.17, 15) is 4.79 Å². The summed E-state index contributed by atoms with van der Waals surface area (Å²) >= 11 is 0. The first-order valence-corrected chi connectivity index (χ1v) is 5.92. The van der Waals surface area contributed by atoms with Crippen LogP contribution in [0, 0.1) is 5.41 Å². The minimum Gasteiger partial charge on any atom is -0.370 e. The molecular formula is C13H19N3O. The van der Waals surface area contributed by atoms with Gasteiger partial charge >= 0.3 is 0 Å². The molecule has 0 aliphatic heterocycles. The summed E-state index contributed by atoms with van der Waals surface area (Å²) in [7, 11) is 3.48. The molecule has 1 N–H and O–H groups in total. The summed E-state index contributed by atoms with van der Waals surface area (Å²) in [5, 5.41) is 3.31. The predicted octanol–water partition coefficient (Wildman–Crippen LogP) is 2.00. The van der Waals surface area contributed by atoms with Crippen LogP contribution in [-0.2, 0) is 0 Å².